The fourth-order valence-corrected chi connectivity index (χ4v) is 2.03. The SMILES string of the molecule is COc1cc(Cl)nc(NC(=O)CC2(N)CCC2)n1. The molecule has 0 aliphatic heterocycles. The minimum Gasteiger partial charge on any atom is -0.481 e. The third-order valence-corrected chi connectivity index (χ3v) is 3.19. The Balaban J connectivity index is 2.00. The number of hydrogen-bond donors (Lipinski definition) is 2. The van der Waals surface area contributed by atoms with E-state index >= 15 is 0 Å². The number of nitrogens with two attached hydrogens (primary N) is 1. The van der Waals surface area contributed by atoms with Crippen LogP contribution in [0.5, 0.6) is 5.88 Å². The summed E-state index contributed by atoms with van der Waals surface area (Å²) in [6, 6.07) is 1.47. The van der Waals surface area contributed by atoms with Gasteiger partial charge in [-0.25, -0.2) is 4.98 Å². The van der Waals surface area contributed by atoms with Gasteiger partial charge in [-0.1, -0.05) is 11.6 Å². The van der Waals surface area contributed by atoms with E-state index in [9.17, 15) is 4.79 Å². The number of rotatable bonds is 4. The van der Waals surface area contributed by atoms with Crippen LogP contribution >= 0.6 is 11.6 Å². The van der Waals surface area contributed by atoms with Gasteiger partial charge in [0.2, 0.25) is 17.7 Å². The maximum absolute atomic E-state index is 11.8. The second-order valence-electron chi connectivity index (χ2n) is 4.50. The number of ether oxygens (including phenoxy) is 1. The van der Waals surface area contributed by atoms with Crippen LogP contribution in [0.4, 0.5) is 5.95 Å². The van der Waals surface area contributed by atoms with Crippen molar-refractivity contribution in [2.24, 2.45) is 5.73 Å². The Morgan fingerprint density at radius 2 is 2.33 bits per heavy atom. The van der Waals surface area contributed by atoms with E-state index in [4.69, 9.17) is 22.1 Å². The maximum atomic E-state index is 11.8. The number of amides is 1. The van der Waals surface area contributed by atoms with E-state index in [0.717, 1.165) is 19.3 Å². The van der Waals surface area contributed by atoms with Gasteiger partial charge < -0.3 is 10.5 Å². The Hall–Kier alpha value is -1.40. The van der Waals surface area contributed by atoms with Crippen LogP contribution in [0, 0.1) is 0 Å². The average Bonchev–Trinajstić information content (AvgIpc) is 2.25. The highest BCUT2D eigenvalue weighted by Crippen LogP contribution is 2.32. The van der Waals surface area contributed by atoms with Gasteiger partial charge in [0.1, 0.15) is 5.15 Å². The molecule has 0 saturated heterocycles. The number of anilines is 1. The number of halogens is 1. The van der Waals surface area contributed by atoms with Gasteiger partial charge >= 0.3 is 0 Å². The topological polar surface area (TPSA) is 90.1 Å². The van der Waals surface area contributed by atoms with Crippen molar-refractivity contribution in [2.45, 2.75) is 31.2 Å². The summed E-state index contributed by atoms with van der Waals surface area (Å²) in [6.07, 6.45) is 3.09. The van der Waals surface area contributed by atoms with E-state index < -0.39 is 0 Å². The van der Waals surface area contributed by atoms with Crippen LogP contribution < -0.4 is 15.8 Å². The highest BCUT2D eigenvalue weighted by atomic mass is 35.5. The van der Waals surface area contributed by atoms with E-state index in [-0.39, 0.29) is 29.0 Å². The van der Waals surface area contributed by atoms with Crippen LogP contribution in [0.25, 0.3) is 0 Å². The molecule has 2 rings (SSSR count). The van der Waals surface area contributed by atoms with E-state index in [2.05, 4.69) is 15.3 Å². The first-order valence-corrected chi connectivity index (χ1v) is 6.06. The van der Waals surface area contributed by atoms with Crippen molar-refractivity contribution in [3.8, 4) is 5.88 Å². The summed E-state index contributed by atoms with van der Waals surface area (Å²) in [5.41, 5.74) is 5.62. The van der Waals surface area contributed by atoms with Gasteiger partial charge in [0.25, 0.3) is 0 Å². The fourth-order valence-electron chi connectivity index (χ4n) is 1.85. The summed E-state index contributed by atoms with van der Waals surface area (Å²) in [7, 11) is 1.47. The van der Waals surface area contributed by atoms with Crippen LogP contribution in [0.1, 0.15) is 25.7 Å². The molecule has 0 bridgehead atoms. The first-order valence-electron chi connectivity index (χ1n) is 5.68. The number of hydrogen-bond acceptors (Lipinski definition) is 5. The molecule has 3 N–H and O–H groups in total. The van der Waals surface area contributed by atoms with Crippen LogP contribution in [-0.2, 0) is 4.79 Å². The van der Waals surface area contributed by atoms with Crippen molar-refractivity contribution in [1.29, 1.82) is 0 Å². The van der Waals surface area contributed by atoms with Crippen molar-refractivity contribution in [3.63, 3.8) is 0 Å². The normalized spacial score (nSPS) is 16.8. The van der Waals surface area contributed by atoms with Crippen molar-refractivity contribution in [3.05, 3.63) is 11.2 Å². The van der Waals surface area contributed by atoms with E-state index in [1.165, 1.54) is 13.2 Å². The highest BCUT2D eigenvalue weighted by Gasteiger charge is 2.34. The molecule has 0 atom stereocenters. The van der Waals surface area contributed by atoms with Gasteiger partial charge in [0.15, 0.2) is 0 Å². The number of nitrogens with one attached hydrogen (secondary N) is 1. The lowest BCUT2D eigenvalue weighted by atomic mass is 9.75. The second-order valence-corrected chi connectivity index (χ2v) is 4.88. The van der Waals surface area contributed by atoms with Crippen LogP contribution in [-0.4, -0.2) is 28.5 Å². The predicted molar refractivity (Wildman–Crippen MR) is 67.6 cm³/mol. The Bertz CT molecular complexity index is 462. The predicted octanol–water partition coefficient (Wildman–Crippen LogP) is 1.35. The number of aromatic nitrogens is 2. The monoisotopic (exact) mass is 270 g/mol. The molecule has 1 saturated carbocycles. The molecule has 1 amide bonds. The quantitative estimate of drug-likeness (QED) is 0.806. The number of carbonyl (C=O) groups excluding carboxylic acids is 1. The largest absolute Gasteiger partial charge is 0.481 e. The summed E-state index contributed by atoms with van der Waals surface area (Å²) in [5.74, 6) is 0.227. The Kier molecular flexibility index (Phi) is 3.68. The first-order chi connectivity index (χ1) is 8.50. The van der Waals surface area contributed by atoms with Crippen LogP contribution in [0.2, 0.25) is 5.15 Å². The van der Waals surface area contributed by atoms with Crippen LogP contribution in [0.15, 0.2) is 6.07 Å². The van der Waals surface area contributed by atoms with Gasteiger partial charge in [0.05, 0.1) is 7.11 Å². The summed E-state index contributed by atoms with van der Waals surface area (Å²) >= 11 is 5.78. The molecule has 6 nitrogen and oxygen atoms in total. The third-order valence-electron chi connectivity index (χ3n) is 2.99. The van der Waals surface area contributed by atoms with Crippen molar-refractivity contribution in [2.75, 3.05) is 12.4 Å². The molecular weight excluding hydrogens is 256 g/mol. The lowest BCUT2D eigenvalue weighted by Crippen LogP contribution is -2.49. The van der Waals surface area contributed by atoms with Crippen molar-refractivity contribution in [1.82, 2.24) is 9.97 Å². The van der Waals surface area contributed by atoms with E-state index in [1.54, 1.807) is 0 Å². The molecule has 98 valence electrons. The minimum absolute atomic E-state index is 0.132. The molecule has 1 aromatic rings. The number of nitrogens with zero attached hydrogens (tertiary/aromatic N) is 2. The van der Waals surface area contributed by atoms with Gasteiger partial charge in [-0.3, -0.25) is 10.1 Å². The molecule has 7 heteroatoms. The molecule has 18 heavy (non-hydrogen) atoms. The van der Waals surface area contributed by atoms with Crippen LogP contribution in [0.3, 0.4) is 0 Å². The molecular formula is C11H15ClN4O2. The zero-order chi connectivity index (χ0) is 13.2. The van der Waals surface area contributed by atoms with Gasteiger partial charge in [-0.05, 0) is 19.3 Å². The highest BCUT2D eigenvalue weighted by molar-refractivity contribution is 6.29. The first kappa shape index (κ1) is 13.0. The lowest BCUT2D eigenvalue weighted by molar-refractivity contribution is -0.118. The van der Waals surface area contributed by atoms with Crippen molar-refractivity contribution >= 4 is 23.5 Å². The Morgan fingerprint density at radius 3 is 2.89 bits per heavy atom. The molecule has 1 aliphatic rings. The summed E-state index contributed by atoms with van der Waals surface area (Å²) in [4.78, 5) is 19.6. The average molecular weight is 271 g/mol. The molecule has 0 aromatic carbocycles. The molecule has 1 aliphatic carbocycles. The lowest BCUT2D eigenvalue weighted by Gasteiger charge is -2.37. The minimum atomic E-state index is -0.368. The smallest absolute Gasteiger partial charge is 0.234 e. The van der Waals surface area contributed by atoms with E-state index in [1.807, 2.05) is 0 Å². The van der Waals surface area contributed by atoms with Gasteiger partial charge in [-0.15, -0.1) is 0 Å². The van der Waals surface area contributed by atoms with E-state index in [0.29, 0.717) is 5.88 Å². The standard InChI is InChI=1S/C11H15ClN4O2/c1-18-9-5-7(12)14-10(16-9)15-8(17)6-11(13)3-2-4-11/h5H,2-4,6,13H2,1H3,(H,14,15,16,17). The third kappa shape index (κ3) is 3.08. The number of carbonyl (C=O) groups is 1. The van der Waals surface area contributed by atoms with Gasteiger partial charge in [0, 0.05) is 18.0 Å². The maximum Gasteiger partial charge on any atom is 0.234 e. The molecule has 1 fully saturated rings. The summed E-state index contributed by atoms with van der Waals surface area (Å²) < 4.78 is 4.94. The molecule has 1 heterocycles. The molecule has 0 unspecified atom stereocenters. The summed E-state index contributed by atoms with van der Waals surface area (Å²) in [6.45, 7) is 0. The Labute approximate surface area is 110 Å². The van der Waals surface area contributed by atoms with Gasteiger partial charge in [-0.2, -0.15) is 4.98 Å². The summed E-state index contributed by atoms with van der Waals surface area (Å²) in [5, 5.41) is 2.79. The molecule has 0 radical (unpaired) electrons. The second kappa shape index (κ2) is 5.07. The zero-order valence-corrected chi connectivity index (χ0v) is 10.8. The molecule has 1 aromatic heterocycles. The Morgan fingerprint density at radius 1 is 1.61 bits per heavy atom. The molecule has 0 spiro atoms. The zero-order valence-electron chi connectivity index (χ0n) is 10.1. The van der Waals surface area contributed by atoms with Crippen molar-refractivity contribution < 1.29 is 9.53 Å². The number of methoxy groups -OCH3 is 1. The fraction of sp³-hybridized carbons (Fsp3) is 0.545.